The van der Waals surface area contributed by atoms with Crippen LogP contribution in [0.5, 0.6) is 0 Å². The average Bonchev–Trinajstić information content (AvgIpc) is 2.48. The number of nitrogen functional groups attached to an aromatic ring is 1. The summed E-state index contributed by atoms with van der Waals surface area (Å²) >= 11 is 5.98. The molecule has 110 valence electrons. The van der Waals surface area contributed by atoms with Crippen LogP contribution in [0.3, 0.4) is 0 Å². The van der Waals surface area contributed by atoms with E-state index in [0.29, 0.717) is 10.8 Å². The van der Waals surface area contributed by atoms with Gasteiger partial charge in [0.2, 0.25) is 0 Å². The molecular formula is C16H19ClN4. The van der Waals surface area contributed by atoms with Gasteiger partial charge in [-0.25, -0.2) is 4.98 Å². The Bertz CT molecular complexity index is 574. The maximum absolute atomic E-state index is 5.98. The summed E-state index contributed by atoms with van der Waals surface area (Å²) in [6.45, 7) is 4.92. The summed E-state index contributed by atoms with van der Waals surface area (Å²) in [5.74, 6) is 0.874. The van der Waals surface area contributed by atoms with Crippen LogP contribution in [0.4, 0.5) is 11.5 Å². The quantitative estimate of drug-likeness (QED) is 0.885. The second-order valence-corrected chi connectivity index (χ2v) is 5.72. The van der Waals surface area contributed by atoms with E-state index in [1.807, 2.05) is 6.07 Å². The fourth-order valence-electron chi connectivity index (χ4n) is 2.64. The first-order chi connectivity index (χ1) is 10.2. The van der Waals surface area contributed by atoms with Crippen LogP contribution < -0.4 is 10.6 Å². The molecule has 0 aliphatic carbocycles. The van der Waals surface area contributed by atoms with Crippen molar-refractivity contribution in [2.24, 2.45) is 0 Å². The second kappa shape index (κ2) is 6.33. The molecule has 1 fully saturated rings. The van der Waals surface area contributed by atoms with Gasteiger partial charge in [-0.05, 0) is 11.6 Å². The van der Waals surface area contributed by atoms with E-state index in [9.17, 15) is 0 Å². The van der Waals surface area contributed by atoms with E-state index < -0.39 is 0 Å². The van der Waals surface area contributed by atoms with Gasteiger partial charge in [-0.3, -0.25) is 4.90 Å². The number of hydrogen-bond donors (Lipinski definition) is 1. The number of aromatic nitrogens is 1. The Kier molecular flexibility index (Phi) is 4.27. The molecule has 3 rings (SSSR count). The van der Waals surface area contributed by atoms with Crippen LogP contribution in [0.15, 0.2) is 42.5 Å². The molecule has 4 nitrogen and oxygen atoms in total. The first kappa shape index (κ1) is 14.2. The largest absolute Gasteiger partial charge is 0.399 e. The highest BCUT2D eigenvalue weighted by molar-refractivity contribution is 6.29. The molecule has 2 heterocycles. The first-order valence-corrected chi connectivity index (χ1v) is 7.53. The van der Waals surface area contributed by atoms with Gasteiger partial charge in [0.25, 0.3) is 0 Å². The minimum absolute atomic E-state index is 0.455. The van der Waals surface area contributed by atoms with Crippen molar-refractivity contribution >= 4 is 23.1 Å². The molecule has 0 unspecified atom stereocenters. The van der Waals surface area contributed by atoms with Crippen LogP contribution in [0, 0.1) is 0 Å². The smallest absolute Gasteiger partial charge is 0.133 e. The lowest BCUT2D eigenvalue weighted by Crippen LogP contribution is -2.46. The molecule has 1 aromatic carbocycles. The summed E-state index contributed by atoms with van der Waals surface area (Å²) in [6, 6.07) is 14.1. The topological polar surface area (TPSA) is 45.4 Å². The number of benzene rings is 1. The predicted molar refractivity (Wildman–Crippen MR) is 87.6 cm³/mol. The van der Waals surface area contributed by atoms with Crippen molar-refractivity contribution in [3.63, 3.8) is 0 Å². The van der Waals surface area contributed by atoms with Crippen LogP contribution in [0.1, 0.15) is 5.56 Å². The van der Waals surface area contributed by atoms with Gasteiger partial charge in [0.1, 0.15) is 11.0 Å². The minimum atomic E-state index is 0.455. The molecule has 0 bridgehead atoms. The molecule has 0 spiro atoms. The molecule has 2 aromatic rings. The van der Waals surface area contributed by atoms with E-state index in [0.717, 1.165) is 38.5 Å². The lowest BCUT2D eigenvalue weighted by molar-refractivity contribution is 0.249. The molecule has 1 aliphatic heterocycles. The Morgan fingerprint density at radius 1 is 1.05 bits per heavy atom. The van der Waals surface area contributed by atoms with Gasteiger partial charge >= 0.3 is 0 Å². The van der Waals surface area contributed by atoms with Crippen LogP contribution in [0.25, 0.3) is 0 Å². The van der Waals surface area contributed by atoms with Gasteiger partial charge in [-0.2, -0.15) is 0 Å². The van der Waals surface area contributed by atoms with E-state index in [1.54, 1.807) is 6.07 Å². The molecule has 1 aromatic heterocycles. The number of pyridine rings is 1. The number of anilines is 2. The van der Waals surface area contributed by atoms with Crippen LogP contribution >= 0.6 is 11.6 Å². The van der Waals surface area contributed by atoms with Crippen LogP contribution in [-0.4, -0.2) is 36.1 Å². The Hall–Kier alpha value is -1.78. The Balaban J connectivity index is 1.60. The van der Waals surface area contributed by atoms with Gasteiger partial charge in [-0.1, -0.05) is 41.9 Å². The van der Waals surface area contributed by atoms with Gasteiger partial charge in [0, 0.05) is 44.5 Å². The van der Waals surface area contributed by atoms with Crippen molar-refractivity contribution in [2.75, 3.05) is 36.8 Å². The number of hydrogen-bond acceptors (Lipinski definition) is 4. The highest BCUT2D eigenvalue weighted by Gasteiger charge is 2.18. The van der Waals surface area contributed by atoms with Crippen LogP contribution in [-0.2, 0) is 6.54 Å². The fourth-order valence-corrected chi connectivity index (χ4v) is 2.85. The van der Waals surface area contributed by atoms with E-state index in [-0.39, 0.29) is 0 Å². The highest BCUT2D eigenvalue weighted by Crippen LogP contribution is 2.21. The number of piperazine rings is 1. The molecule has 2 N–H and O–H groups in total. The molecule has 0 amide bonds. The molecule has 0 saturated carbocycles. The summed E-state index contributed by atoms with van der Waals surface area (Å²) in [4.78, 5) is 9.06. The van der Waals surface area contributed by atoms with Crippen molar-refractivity contribution < 1.29 is 0 Å². The van der Waals surface area contributed by atoms with E-state index in [4.69, 9.17) is 17.3 Å². The maximum atomic E-state index is 5.98. The standard InChI is InChI=1S/C16H19ClN4/c17-15-10-14(18)11-16(19-15)21-8-6-20(7-9-21)12-13-4-2-1-3-5-13/h1-5,10-11H,6-9,12H2,(H2,18,19). The normalized spacial score (nSPS) is 16.1. The van der Waals surface area contributed by atoms with Crippen molar-refractivity contribution in [1.82, 2.24) is 9.88 Å². The van der Waals surface area contributed by atoms with Crippen molar-refractivity contribution in [3.8, 4) is 0 Å². The average molecular weight is 303 g/mol. The zero-order valence-corrected chi connectivity index (χ0v) is 12.6. The second-order valence-electron chi connectivity index (χ2n) is 5.33. The minimum Gasteiger partial charge on any atom is -0.399 e. The summed E-state index contributed by atoms with van der Waals surface area (Å²) in [6.07, 6.45) is 0. The predicted octanol–water partition coefficient (Wildman–Crippen LogP) is 2.64. The highest BCUT2D eigenvalue weighted by atomic mass is 35.5. The molecule has 0 atom stereocenters. The summed E-state index contributed by atoms with van der Waals surface area (Å²) < 4.78 is 0. The van der Waals surface area contributed by atoms with E-state index in [1.165, 1.54) is 5.56 Å². The molecular weight excluding hydrogens is 284 g/mol. The number of halogens is 1. The molecule has 1 aliphatic rings. The molecule has 5 heteroatoms. The fraction of sp³-hybridized carbons (Fsp3) is 0.312. The maximum Gasteiger partial charge on any atom is 0.133 e. The van der Waals surface area contributed by atoms with E-state index in [2.05, 4.69) is 45.1 Å². The van der Waals surface area contributed by atoms with Gasteiger partial charge in [-0.15, -0.1) is 0 Å². The Morgan fingerprint density at radius 3 is 2.43 bits per heavy atom. The van der Waals surface area contributed by atoms with Crippen molar-refractivity contribution in [1.29, 1.82) is 0 Å². The first-order valence-electron chi connectivity index (χ1n) is 7.15. The SMILES string of the molecule is Nc1cc(Cl)nc(N2CCN(Cc3ccccc3)CC2)c1. The number of rotatable bonds is 3. The van der Waals surface area contributed by atoms with E-state index >= 15 is 0 Å². The van der Waals surface area contributed by atoms with Crippen molar-refractivity contribution in [2.45, 2.75) is 6.54 Å². The number of nitrogens with zero attached hydrogens (tertiary/aromatic N) is 3. The third-order valence-corrected chi connectivity index (χ3v) is 3.94. The molecule has 0 radical (unpaired) electrons. The molecule has 21 heavy (non-hydrogen) atoms. The van der Waals surface area contributed by atoms with Gasteiger partial charge in [0.15, 0.2) is 0 Å². The van der Waals surface area contributed by atoms with Gasteiger partial charge in [0.05, 0.1) is 0 Å². The van der Waals surface area contributed by atoms with Crippen molar-refractivity contribution in [3.05, 3.63) is 53.2 Å². The Labute approximate surface area is 130 Å². The monoisotopic (exact) mass is 302 g/mol. The summed E-state index contributed by atoms with van der Waals surface area (Å²) in [5.41, 5.74) is 7.86. The Morgan fingerprint density at radius 2 is 1.76 bits per heavy atom. The summed E-state index contributed by atoms with van der Waals surface area (Å²) in [5, 5.41) is 0.455. The lowest BCUT2D eigenvalue weighted by atomic mass is 10.2. The third-order valence-electron chi connectivity index (χ3n) is 3.75. The zero-order chi connectivity index (χ0) is 14.7. The van der Waals surface area contributed by atoms with Gasteiger partial charge < -0.3 is 10.6 Å². The lowest BCUT2D eigenvalue weighted by Gasteiger charge is -2.35. The third kappa shape index (κ3) is 3.65. The summed E-state index contributed by atoms with van der Waals surface area (Å²) in [7, 11) is 0. The van der Waals surface area contributed by atoms with Crippen LogP contribution in [0.2, 0.25) is 5.15 Å². The zero-order valence-electron chi connectivity index (χ0n) is 11.9. The molecule has 1 saturated heterocycles. The number of nitrogens with two attached hydrogens (primary N) is 1.